The summed E-state index contributed by atoms with van der Waals surface area (Å²) in [6.45, 7) is 0. The Bertz CT molecular complexity index is 959. The molecule has 8 nitrogen and oxygen atoms in total. The Labute approximate surface area is 166 Å². The Balaban J connectivity index is 1.47. The van der Waals surface area contributed by atoms with Crippen molar-refractivity contribution < 1.29 is 24.0 Å². The van der Waals surface area contributed by atoms with Crippen molar-refractivity contribution in [2.75, 3.05) is 4.90 Å². The first kappa shape index (κ1) is 18.8. The minimum absolute atomic E-state index is 0.102. The number of ether oxygens (including phenoxy) is 1. The molecule has 29 heavy (non-hydrogen) atoms. The maximum atomic E-state index is 12.7. The topological polar surface area (TPSA) is 107 Å². The number of non-ortho nitro benzene ring substituents is 1. The number of carbonyl (C=O) groups excluding carboxylic acids is 3. The highest BCUT2D eigenvalue weighted by Gasteiger charge is 2.48. The van der Waals surface area contributed by atoms with E-state index in [4.69, 9.17) is 4.74 Å². The highest BCUT2D eigenvalue weighted by molar-refractivity contribution is 6.22. The number of esters is 1. The van der Waals surface area contributed by atoms with Crippen LogP contribution < -0.4 is 9.64 Å². The van der Waals surface area contributed by atoms with Crippen LogP contribution in [0.5, 0.6) is 5.75 Å². The summed E-state index contributed by atoms with van der Waals surface area (Å²) in [5.41, 5.74) is 0.583. The van der Waals surface area contributed by atoms with Crippen LogP contribution in [0.1, 0.15) is 36.0 Å². The molecule has 2 aliphatic rings. The van der Waals surface area contributed by atoms with Gasteiger partial charge in [-0.25, -0.2) is 4.79 Å². The van der Waals surface area contributed by atoms with Crippen LogP contribution in [0.2, 0.25) is 0 Å². The lowest BCUT2D eigenvalue weighted by Crippen LogP contribution is -2.30. The Hall–Kier alpha value is -3.55. The van der Waals surface area contributed by atoms with E-state index in [0.717, 1.165) is 25.7 Å². The van der Waals surface area contributed by atoms with Crippen molar-refractivity contribution in [2.24, 2.45) is 11.8 Å². The predicted octanol–water partition coefficient (Wildman–Crippen LogP) is 3.49. The predicted molar refractivity (Wildman–Crippen MR) is 102 cm³/mol. The van der Waals surface area contributed by atoms with Crippen molar-refractivity contribution in [3.63, 3.8) is 0 Å². The average molecular weight is 394 g/mol. The molecule has 0 radical (unpaired) electrons. The van der Waals surface area contributed by atoms with Gasteiger partial charge in [0, 0.05) is 12.1 Å². The number of imide groups is 1. The van der Waals surface area contributed by atoms with Gasteiger partial charge in [-0.1, -0.05) is 12.8 Å². The third-order valence-corrected chi connectivity index (χ3v) is 5.46. The van der Waals surface area contributed by atoms with Gasteiger partial charge >= 0.3 is 5.97 Å². The monoisotopic (exact) mass is 394 g/mol. The summed E-state index contributed by atoms with van der Waals surface area (Å²) in [6.07, 6.45) is 3.40. The van der Waals surface area contributed by atoms with Gasteiger partial charge < -0.3 is 4.74 Å². The van der Waals surface area contributed by atoms with Gasteiger partial charge in [-0.2, -0.15) is 0 Å². The van der Waals surface area contributed by atoms with E-state index in [9.17, 15) is 24.5 Å². The first-order chi connectivity index (χ1) is 14.0. The van der Waals surface area contributed by atoms with Gasteiger partial charge in [0.15, 0.2) is 0 Å². The van der Waals surface area contributed by atoms with E-state index in [1.165, 1.54) is 41.3 Å². The summed E-state index contributed by atoms with van der Waals surface area (Å²) < 4.78 is 5.21. The van der Waals surface area contributed by atoms with Crippen LogP contribution >= 0.6 is 0 Å². The van der Waals surface area contributed by atoms with E-state index in [0.29, 0.717) is 5.69 Å². The summed E-state index contributed by atoms with van der Waals surface area (Å²) in [6, 6.07) is 11.3. The Morgan fingerprint density at radius 3 is 2.00 bits per heavy atom. The first-order valence-corrected chi connectivity index (χ1v) is 9.40. The number of amides is 2. The van der Waals surface area contributed by atoms with Crippen LogP contribution in [0.25, 0.3) is 0 Å². The number of carbonyl (C=O) groups is 3. The van der Waals surface area contributed by atoms with Crippen molar-refractivity contribution in [1.29, 1.82) is 0 Å². The van der Waals surface area contributed by atoms with E-state index in [2.05, 4.69) is 0 Å². The second-order valence-electron chi connectivity index (χ2n) is 7.20. The zero-order valence-corrected chi connectivity index (χ0v) is 15.4. The third-order valence-electron chi connectivity index (χ3n) is 5.46. The SMILES string of the molecule is O=C(Oc1ccc([N+](=O)[O-])cc1)c1ccc(N2C(=O)C3CCCCC3C2=O)cc1. The summed E-state index contributed by atoms with van der Waals surface area (Å²) in [4.78, 5) is 49.0. The molecule has 0 aromatic heterocycles. The minimum Gasteiger partial charge on any atom is -0.423 e. The second kappa shape index (κ2) is 7.46. The fourth-order valence-electron chi connectivity index (χ4n) is 3.97. The molecule has 8 heteroatoms. The molecule has 2 aromatic carbocycles. The number of nitro benzene ring substituents is 1. The largest absolute Gasteiger partial charge is 0.423 e. The number of benzene rings is 2. The lowest BCUT2D eigenvalue weighted by atomic mass is 9.81. The van der Waals surface area contributed by atoms with Crippen LogP contribution in [0.4, 0.5) is 11.4 Å². The standard InChI is InChI=1S/C21H18N2O6/c24-19-17-3-1-2-4-18(17)20(25)22(19)14-7-5-13(6-8-14)21(26)29-16-11-9-15(10-12-16)23(27)28/h5-12,17-18H,1-4H2. The van der Waals surface area contributed by atoms with Gasteiger partial charge in [0.25, 0.3) is 5.69 Å². The van der Waals surface area contributed by atoms with Crippen LogP contribution in [0.3, 0.4) is 0 Å². The number of anilines is 1. The minimum atomic E-state index is -0.641. The van der Waals surface area contributed by atoms with E-state index in [-0.39, 0.29) is 40.7 Å². The normalized spacial score (nSPS) is 21.0. The number of fused-ring (bicyclic) bond motifs is 1. The molecular weight excluding hydrogens is 376 g/mol. The van der Waals surface area contributed by atoms with Crippen molar-refractivity contribution >= 4 is 29.2 Å². The maximum Gasteiger partial charge on any atom is 0.343 e. The molecule has 4 rings (SSSR count). The van der Waals surface area contributed by atoms with Gasteiger partial charge in [-0.15, -0.1) is 0 Å². The molecule has 1 aliphatic heterocycles. The number of hydrogen-bond donors (Lipinski definition) is 0. The van der Waals surface area contributed by atoms with Gasteiger partial charge in [0.2, 0.25) is 11.8 Å². The van der Waals surface area contributed by atoms with Crippen molar-refractivity contribution in [3.8, 4) is 5.75 Å². The van der Waals surface area contributed by atoms with Gasteiger partial charge in [-0.05, 0) is 49.2 Å². The van der Waals surface area contributed by atoms with E-state index in [1.807, 2.05) is 0 Å². The smallest absolute Gasteiger partial charge is 0.343 e. The quantitative estimate of drug-likeness (QED) is 0.258. The molecule has 2 amide bonds. The van der Waals surface area contributed by atoms with E-state index in [1.54, 1.807) is 12.1 Å². The summed E-state index contributed by atoms with van der Waals surface area (Å²) in [5, 5.41) is 10.7. The van der Waals surface area contributed by atoms with Gasteiger partial charge in [0.1, 0.15) is 5.75 Å². The maximum absolute atomic E-state index is 12.7. The molecule has 2 aromatic rings. The molecule has 1 heterocycles. The third kappa shape index (κ3) is 3.49. The van der Waals surface area contributed by atoms with Gasteiger partial charge in [-0.3, -0.25) is 24.6 Å². The number of hydrogen-bond acceptors (Lipinski definition) is 6. The Morgan fingerprint density at radius 1 is 0.931 bits per heavy atom. The number of nitro groups is 1. The van der Waals surface area contributed by atoms with Gasteiger partial charge in [0.05, 0.1) is 28.0 Å². The number of rotatable bonds is 4. The molecule has 0 spiro atoms. The molecule has 1 aliphatic carbocycles. The van der Waals surface area contributed by atoms with Crippen molar-refractivity contribution in [2.45, 2.75) is 25.7 Å². The second-order valence-corrected chi connectivity index (χ2v) is 7.20. The fraction of sp³-hybridized carbons (Fsp3) is 0.286. The Morgan fingerprint density at radius 2 is 1.48 bits per heavy atom. The highest BCUT2D eigenvalue weighted by atomic mass is 16.6. The summed E-state index contributed by atoms with van der Waals surface area (Å²) in [7, 11) is 0. The molecule has 2 fully saturated rings. The van der Waals surface area contributed by atoms with Crippen LogP contribution in [0, 0.1) is 22.0 Å². The number of nitrogens with zero attached hydrogens (tertiary/aromatic N) is 2. The lowest BCUT2D eigenvalue weighted by molar-refractivity contribution is -0.384. The van der Waals surface area contributed by atoms with Crippen LogP contribution in [-0.2, 0) is 9.59 Å². The fourth-order valence-corrected chi connectivity index (χ4v) is 3.97. The zero-order chi connectivity index (χ0) is 20.5. The molecule has 1 saturated heterocycles. The molecule has 2 unspecified atom stereocenters. The van der Waals surface area contributed by atoms with E-state index >= 15 is 0 Å². The molecule has 2 atom stereocenters. The summed E-state index contributed by atoms with van der Waals surface area (Å²) >= 11 is 0. The van der Waals surface area contributed by atoms with E-state index < -0.39 is 10.9 Å². The van der Waals surface area contributed by atoms with Crippen molar-refractivity contribution in [3.05, 3.63) is 64.2 Å². The first-order valence-electron chi connectivity index (χ1n) is 9.40. The Kier molecular flexibility index (Phi) is 4.84. The van der Waals surface area contributed by atoms with Crippen LogP contribution in [-0.4, -0.2) is 22.7 Å². The molecular formula is C21H18N2O6. The molecule has 148 valence electrons. The summed E-state index contributed by atoms with van der Waals surface area (Å²) in [5.74, 6) is -1.26. The molecule has 0 N–H and O–H groups in total. The lowest BCUT2D eigenvalue weighted by Gasteiger charge is -2.19. The average Bonchev–Trinajstić information content (AvgIpc) is 2.99. The van der Waals surface area contributed by atoms with Crippen LogP contribution in [0.15, 0.2) is 48.5 Å². The molecule has 0 bridgehead atoms. The molecule has 1 saturated carbocycles. The van der Waals surface area contributed by atoms with Crippen molar-refractivity contribution in [1.82, 2.24) is 0 Å². The highest BCUT2D eigenvalue weighted by Crippen LogP contribution is 2.40. The zero-order valence-electron chi connectivity index (χ0n) is 15.4.